The molecule has 0 amide bonds. The molecule has 31 heavy (non-hydrogen) atoms. The highest BCUT2D eigenvalue weighted by molar-refractivity contribution is 6.30. The number of fused-ring (bicyclic) bond motifs is 1. The Bertz CT molecular complexity index is 1450. The van der Waals surface area contributed by atoms with E-state index in [-0.39, 0.29) is 5.56 Å². The zero-order valence-corrected chi connectivity index (χ0v) is 17.5. The topological polar surface area (TPSA) is 60.9 Å². The van der Waals surface area contributed by atoms with E-state index in [1.165, 1.54) is 5.56 Å². The summed E-state index contributed by atoms with van der Waals surface area (Å²) in [5.41, 5.74) is 3.32. The van der Waals surface area contributed by atoms with Gasteiger partial charge in [0.25, 0.3) is 11.4 Å². The number of aryl methyl sites for hydroxylation is 1. The van der Waals surface area contributed by atoms with Crippen LogP contribution in [0.25, 0.3) is 39.3 Å². The van der Waals surface area contributed by atoms with Crippen LogP contribution in [0.5, 0.6) is 0 Å². The summed E-state index contributed by atoms with van der Waals surface area (Å²) >= 11 is 6.16. The standard InChI is InChI=1S/C25H18ClN3O2/c1-2-16-10-12-17(13-11-16)23-27-24(31-28-23)22-15-29(19-7-5-6-18(26)14-19)25(30)21-9-4-3-8-20(21)22/h3-15H,2H2,1H3. The van der Waals surface area contributed by atoms with Gasteiger partial charge in [-0.15, -0.1) is 0 Å². The summed E-state index contributed by atoms with van der Waals surface area (Å²) in [4.78, 5) is 17.8. The van der Waals surface area contributed by atoms with Crippen LogP contribution in [0.15, 0.2) is 88.3 Å². The van der Waals surface area contributed by atoms with Crippen molar-refractivity contribution in [3.05, 3.63) is 99.9 Å². The van der Waals surface area contributed by atoms with Crippen molar-refractivity contribution >= 4 is 22.4 Å². The molecule has 5 aromatic rings. The van der Waals surface area contributed by atoms with E-state index in [1.54, 1.807) is 29.0 Å². The molecule has 0 aliphatic rings. The van der Waals surface area contributed by atoms with Crippen molar-refractivity contribution in [1.82, 2.24) is 14.7 Å². The summed E-state index contributed by atoms with van der Waals surface area (Å²) in [6.45, 7) is 2.11. The number of aromatic nitrogens is 3. The van der Waals surface area contributed by atoms with Gasteiger partial charge < -0.3 is 4.52 Å². The van der Waals surface area contributed by atoms with Crippen LogP contribution >= 0.6 is 11.6 Å². The molecule has 2 aromatic heterocycles. The molecule has 0 radical (unpaired) electrons. The van der Waals surface area contributed by atoms with Gasteiger partial charge in [0.1, 0.15) is 0 Å². The molecule has 0 bridgehead atoms. The van der Waals surface area contributed by atoms with Crippen LogP contribution in [0.3, 0.4) is 0 Å². The average molecular weight is 428 g/mol. The van der Waals surface area contributed by atoms with E-state index in [1.807, 2.05) is 42.5 Å². The molecule has 5 rings (SSSR count). The lowest BCUT2D eigenvalue weighted by Gasteiger charge is -2.10. The minimum Gasteiger partial charge on any atom is -0.334 e. The summed E-state index contributed by atoms with van der Waals surface area (Å²) in [7, 11) is 0. The highest BCUT2D eigenvalue weighted by Crippen LogP contribution is 2.29. The highest BCUT2D eigenvalue weighted by Gasteiger charge is 2.17. The van der Waals surface area contributed by atoms with E-state index in [0.717, 1.165) is 17.4 Å². The molecule has 152 valence electrons. The predicted octanol–water partition coefficient (Wildman–Crippen LogP) is 5.92. The van der Waals surface area contributed by atoms with E-state index in [4.69, 9.17) is 16.1 Å². The largest absolute Gasteiger partial charge is 0.334 e. The van der Waals surface area contributed by atoms with Gasteiger partial charge in [0, 0.05) is 27.6 Å². The molecule has 6 heteroatoms. The van der Waals surface area contributed by atoms with Gasteiger partial charge in [-0.3, -0.25) is 9.36 Å². The lowest BCUT2D eigenvalue weighted by Crippen LogP contribution is -2.18. The third kappa shape index (κ3) is 3.53. The van der Waals surface area contributed by atoms with Crippen molar-refractivity contribution in [1.29, 1.82) is 0 Å². The minimum absolute atomic E-state index is 0.142. The number of benzene rings is 3. The first-order valence-electron chi connectivity index (χ1n) is 9.98. The lowest BCUT2D eigenvalue weighted by atomic mass is 10.1. The number of hydrogen-bond acceptors (Lipinski definition) is 4. The first-order chi connectivity index (χ1) is 15.1. The second kappa shape index (κ2) is 7.85. The van der Waals surface area contributed by atoms with E-state index in [9.17, 15) is 4.79 Å². The van der Waals surface area contributed by atoms with Gasteiger partial charge in [-0.1, -0.05) is 72.2 Å². The Morgan fingerprint density at radius 2 is 1.74 bits per heavy atom. The Balaban J connectivity index is 1.69. The van der Waals surface area contributed by atoms with Crippen molar-refractivity contribution < 1.29 is 4.52 Å². The average Bonchev–Trinajstić information content (AvgIpc) is 3.30. The van der Waals surface area contributed by atoms with Crippen LogP contribution in [-0.2, 0) is 6.42 Å². The fourth-order valence-corrected chi connectivity index (χ4v) is 3.80. The highest BCUT2D eigenvalue weighted by atomic mass is 35.5. The van der Waals surface area contributed by atoms with E-state index < -0.39 is 0 Å². The number of pyridine rings is 1. The molecule has 0 aliphatic carbocycles. The first-order valence-corrected chi connectivity index (χ1v) is 10.4. The summed E-state index contributed by atoms with van der Waals surface area (Å²) in [6.07, 6.45) is 2.70. The van der Waals surface area contributed by atoms with Gasteiger partial charge in [0.05, 0.1) is 11.3 Å². The zero-order valence-electron chi connectivity index (χ0n) is 16.7. The maximum atomic E-state index is 13.2. The summed E-state index contributed by atoms with van der Waals surface area (Å²) < 4.78 is 7.18. The molecule has 0 unspecified atom stereocenters. The van der Waals surface area contributed by atoms with Crippen molar-refractivity contribution in [2.24, 2.45) is 0 Å². The lowest BCUT2D eigenvalue weighted by molar-refractivity contribution is 0.432. The molecule has 5 nitrogen and oxygen atoms in total. The Labute approximate surface area is 183 Å². The molecule has 3 aromatic carbocycles. The van der Waals surface area contributed by atoms with Crippen molar-refractivity contribution in [2.45, 2.75) is 13.3 Å². The smallest absolute Gasteiger partial charge is 0.262 e. The Morgan fingerprint density at radius 1 is 0.968 bits per heavy atom. The summed E-state index contributed by atoms with van der Waals surface area (Å²) in [5.74, 6) is 0.851. The Hall–Kier alpha value is -3.70. The van der Waals surface area contributed by atoms with E-state index in [0.29, 0.717) is 33.4 Å². The third-order valence-corrected chi connectivity index (χ3v) is 5.52. The summed E-state index contributed by atoms with van der Waals surface area (Å²) in [5, 5.41) is 6.03. The van der Waals surface area contributed by atoms with Crippen LogP contribution in [0, 0.1) is 0 Å². The number of rotatable bonds is 4. The molecular weight excluding hydrogens is 410 g/mol. The minimum atomic E-state index is -0.142. The summed E-state index contributed by atoms with van der Waals surface area (Å²) in [6, 6.07) is 22.6. The second-order valence-corrected chi connectivity index (χ2v) is 7.65. The molecule has 0 aliphatic heterocycles. The maximum absolute atomic E-state index is 13.2. The predicted molar refractivity (Wildman–Crippen MR) is 123 cm³/mol. The fraction of sp³-hybridized carbons (Fsp3) is 0.0800. The number of nitrogens with zero attached hydrogens (tertiary/aromatic N) is 3. The molecule has 0 fully saturated rings. The SMILES string of the molecule is CCc1ccc(-c2noc(-c3cn(-c4cccc(Cl)c4)c(=O)c4ccccc34)n2)cc1. The van der Waals surface area contributed by atoms with Crippen LogP contribution in [0.2, 0.25) is 5.02 Å². The molecular formula is C25H18ClN3O2. The quantitative estimate of drug-likeness (QED) is 0.357. The van der Waals surface area contributed by atoms with Gasteiger partial charge in [-0.2, -0.15) is 4.98 Å². The number of hydrogen-bond donors (Lipinski definition) is 0. The maximum Gasteiger partial charge on any atom is 0.262 e. The Kier molecular flexibility index (Phi) is 4.88. The van der Waals surface area contributed by atoms with Crippen molar-refractivity contribution in [3.63, 3.8) is 0 Å². The van der Waals surface area contributed by atoms with Gasteiger partial charge in [0.15, 0.2) is 0 Å². The number of halogens is 1. The van der Waals surface area contributed by atoms with Crippen molar-refractivity contribution in [2.75, 3.05) is 0 Å². The third-order valence-electron chi connectivity index (χ3n) is 5.29. The monoisotopic (exact) mass is 427 g/mol. The van der Waals surface area contributed by atoms with E-state index in [2.05, 4.69) is 29.2 Å². The van der Waals surface area contributed by atoms with Gasteiger partial charge in [-0.05, 0) is 36.2 Å². The molecule has 0 saturated heterocycles. The molecule has 0 saturated carbocycles. The normalized spacial score (nSPS) is 11.2. The first kappa shape index (κ1) is 19.3. The van der Waals surface area contributed by atoms with Gasteiger partial charge in [0.2, 0.25) is 5.82 Å². The second-order valence-electron chi connectivity index (χ2n) is 7.22. The van der Waals surface area contributed by atoms with E-state index >= 15 is 0 Å². The molecule has 2 heterocycles. The van der Waals surface area contributed by atoms with Crippen LogP contribution in [0.1, 0.15) is 12.5 Å². The van der Waals surface area contributed by atoms with Crippen molar-refractivity contribution in [3.8, 4) is 28.5 Å². The zero-order chi connectivity index (χ0) is 21.4. The van der Waals surface area contributed by atoms with Crippen LogP contribution in [-0.4, -0.2) is 14.7 Å². The molecule has 0 atom stereocenters. The molecule has 0 spiro atoms. The van der Waals surface area contributed by atoms with Gasteiger partial charge >= 0.3 is 0 Å². The van der Waals surface area contributed by atoms with Crippen LogP contribution in [0.4, 0.5) is 0 Å². The molecule has 0 N–H and O–H groups in total. The Morgan fingerprint density at radius 3 is 2.48 bits per heavy atom. The van der Waals surface area contributed by atoms with Gasteiger partial charge in [-0.25, -0.2) is 0 Å². The van der Waals surface area contributed by atoms with Crippen LogP contribution < -0.4 is 5.56 Å². The fourth-order valence-electron chi connectivity index (χ4n) is 3.62.